The number of non-ortho nitro benzene ring substituents is 1. The summed E-state index contributed by atoms with van der Waals surface area (Å²) in [5.41, 5.74) is 2.73. The number of methoxy groups -OCH3 is 1. The van der Waals surface area contributed by atoms with E-state index in [0.717, 1.165) is 40.7 Å². The van der Waals surface area contributed by atoms with Crippen molar-refractivity contribution in [3.8, 4) is 11.4 Å². The van der Waals surface area contributed by atoms with Gasteiger partial charge in [0.25, 0.3) is 11.2 Å². The largest absolute Gasteiger partial charge is 0.496 e. The Hall–Kier alpha value is -3.17. The molecular weight excluding hydrogens is 506 g/mol. The van der Waals surface area contributed by atoms with Crippen molar-refractivity contribution >= 4 is 39.0 Å². The van der Waals surface area contributed by atoms with Crippen LogP contribution in [0.4, 0.5) is 5.69 Å². The van der Waals surface area contributed by atoms with E-state index in [1.165, 1.54) is 28.8 Å². The first kappa shape index (κ1) is 25.5. The van der Waals surface area contributed by atoms with E-state index in [0.29, 0.717) is 28.1 Å². The third-order valence-corrected chi connectivity index (χ3v) is 9.26. The summed E-state index contributed by atoms with van der Waals surface area (Å²) in [6.45, 7) is 6.86. The lowest BCUT2D eigenvalue weighted by molar-refractivity contribution is -0.384. The molecule has 2 aromatic carbocycles. The molecule has 4 aromatic rings. The normalized spacial score (nSPS) is 15.5. The molecule has 0 bridgehead atoms. The van der Waals surface area contributed by atoms with Gasteiger partial charge in [-0.2, -0.15) is 0 Å². The van der Waals surface area contributed by atoms with E-state index >= 15 is 0 Å². The first-order valence-electron chi connectivity index (χ1n) is 12.2. The minimum atomic E-state index is -0.418. The van der Waals surface area contributed by atoms with Gasteiger partial charge in [0.05, 0.1) is 23.1 Å². The molecule has 192 valence electrons. The molecule has 2 heterocycles. The van der Waals surface area contributed by atoms with Crippen LogP contribution in [0, 0.1) is 21.4 Å². The molecule has 2 aromatic heterocycles. The predicted octanol–water partition coefficient (Wildman–Crippen LogP) is 6.81. The smallest absolute Gasteiger partial charge is 0.270 e. The van der Waals surface area contributed by atoms with E-state index in [2.05, 4.69) is 20.8 Å². The van der Waals surface area contributed by atoms with E-state index < -0.39 is 4.92 Å². The number of ether oxygens (including phenoxy) is 1. The highest BCUT2D eigenvalue weighted by Crippen LogP contribution is 2.42. The number of nitrogens with zero attached hydrogens (tertiary/aromatic N) is 3. The highest BCUT2D eigenvalue weighted by molar-refractivity contribution is 7.98. The van der Waals surface area contributed by atoms with Gasteiger partial charge in [0, 0.05) is 28.3 Å². The number of aromatic nitrogens is 2. The fourth-order valence-electron chi connectivity index (χ4n) is 4.98. The zero-order valence-electron chi connectivity index (χ0n) is 21.3. The lowest BCUT2D eigenvalue weighted by atomic mass is 9.72. The predicted molar refractivity (Wildman–Crippen MR) is 149 cm³/mol. The Bertz CT molecular complexity index is 1540. The second-order valence-electron chi connectivity index (χ2n) is 10.4. The van der Waals surface area contributed by atoms with Crippen LogP contribution in [0.2, 0.25) is 0 Å². The summed E-state index contributed by atoms with van der Waals surface area (Å²) in [6, 6.07) is 14.1. The van der Waals surface area contributed by atoms with Gasteiger partial charge in [0.15, 0.2) is 5.16 Å². The van der Waals surface area contributed by atoms with E-state index in [1.807, 2.05) is 30.3 Å². The Morgan fingerprint density at radius 3 is 2.65 bits per heavy atom. The van der Waals surface area contributed by atoms with E-state index in [-0.39, 0.29) is 16.7 Å². The van der Waals surface area contributed by atoms with E-state index in [4.69, 9.17) is 9.72 Å². The maximum atomic E-state index is 14.0. The summed E-state index contributed by atoms with van der Waals surface area (Å²) < 4.78 is 7.13. The summed E-state index contributed by atoms with van der Waals surface area (Å²) >= 11 is 3.02. The fourth-order valence-corrected chi connectivity index (χ4v) is 7.31. The van der Waals surface area contributed by atoms with Crippen LogP contribution < -0.4 is 10.3 Å². The van der Waals surface area contributed by atoms with Gasteiger partial charge >= 0.3 is 0 Å². The van der Waals surface area contributed by atoms with Crippen LogP contribution in [-0.2, 0) is 18.6 Å². The summed E-state index contributed by atoms with van der Waals surface area (Å²) in [5, 5.41) is 12.6. The van der Waals surface area contributed by atoms with Gasteiger partial charge in [-0.15, -0.1) is 11.3 Å². The molecule has 1 atom stereocenters. The van der Waals surface area contributed by atoms with Crippen molar-refractivity contribution in [2.45, 2.75) is 50.9 Å². The fraction of sp³-hybridized carbons (Fsp3) is 0.357. The summed E-state index contributed by atoms with van der Waals surface area (Å²) in [4.78, 5) is 32.0. The number of para-hydroxylation sites is 1. The van der Waals surface area contributed by atoms with Crippen LogP contribution >= 0.6 is 23.1 Å². The van der Waals surface area contributed by atoms with Crippen molar-refractivity contribution in [1.82, 2.24) is 9.55 Å². The van der Waals surface area contributed by atoms with E-state index in [9.17, 15) is 14.9 Å². The van der Waals surface area contributed by atoms with E-state index in [1.54, 1.807) is 29.1 Å². The molecule has 5 rings (SSSR count). The maximum absolute atomic E-state index is 14.0. The molecule has 0 saturated carbocycles. The lowest BCUT2D eigenvalue weighted by Crippen LogP contribution is -2.27. The second kappa shape index (κ2) is 9.95. The quantitative estimate of drug-likeness (QED) is 0.117. The Kier molecular flexibility index (Phi) is 6.85. The summed E-state index contributed by atoms with van der Waals surface area (Å²) in [6.07, 6.45) is 2.93. The molecule has 0 N–H and O–H groups in total. The zero-order valence-corrected chi connectivity index (χ0v) is 22.9. The van der Waals surface area contributed by atoms with Gasteiger partial charge in [-0.1, -0.05) is 50.7 Å². The molecule has 7 nitrogen and oxygen atoms in total. The van der Waals surface area contributed by atoms with Crippen LogP contribution in [0.25, 0.3) is 15.9 Å². The lowest BCUT2D eigenvalue weighted by Gasteiger charge is -2.33. The molecule has 1 unspecified atom stereocenters. The molecule has 9 heteroatoms. The monoisotopic (exact) mass is 535 g/mol. The van der Waals surface area contributed by atoms with Crippen molar-refractivity contribution in [1.29, 1.82) is 0 Å². The number of thioether (sulfide) groups is 1. The summed E-state index contributed by atoms with van der Waals surface area (Å²) in [7, 11) is 1.54. The molecule has 37 heavy (non-hydrogen) atoms. The van der Waals surface area contributed by atoms with Crippen molar-refractivity contribution in [3.63, 3.8) is 0 Å². The number of aryl methyl sites for hydroxylation is 1. The minimum absolute atomic E-state index is 0.000374. The number of hydrogen-bond donors (Lipinski definition) is 0. The summed E-state index contributed by atoms with van der Waals surface area (Å²) in [5.74, 6) is 1.50. The Labute approximate surface area is 223 Å². The third-order valence-electron chi connectivity index (χ3n) is 7.12. The average molecular weight is 536 g/mol. The number of benzene rings is 2. The number of thiophene rings is 1. The van der Waals surface area contributed by atoms with Crippen molar-refractivity contribution in [3.05, 3.63) is 85.0 Å². The number of fused-ring (bicyclic) bond motifs is 3. The Morgan fingerprint density at radius 1 is 1.22 bits per heavy atom. The number of rotatable bonds is 6. The molecule has 1 aliphatic carbocycles. The van der Waals surface area contributed by atoms with Gasteiger partial charge < -0.3 is 4.74 Å². The highest BCUT2D eigenvalue weighted by Gasteiger charge is 2.32. The first-order valence-corrected chi connectivity index (χ1v) is 14.0. The molecule has 0 saturated heterocycles. The van der Waals surface area contributed by atoms with Gasteiger partial charge in [0.2, 0.25) is 0 Å². The number of hydrogen-bond acceptors (Lipinski definition) is 7. The Balaban J connectivity index is 1.61. The maximum Gasteiger partial charge on any atom is 0.270 e. The van der Waals surface area contributed by atoms with Crippen LogP contribution in [0.15, 0.2) is 58.5 Å². The first-order chi connectivity index (χ1) is 17.7. The number of nitro benzene ring substituents is 1. The number of nitro groups is 1. The van der Waals surface area contributed by atoms with Gasteiger partial charge in [-0.25, -0.2) is 4.98 Å². The molecular formula is C28H29N3O4S2. The van der Waals surface area contributed by atoms with Crippen molar-refractivity contribution in [2.75, 3.05) is 7.11 Å². The van der Waals surface area contributed by atoms with Crippen LogP contribution in [0.1, 0.15) is 43.2 Å². The standard InChI is InChI=1S/C28H29N3O4S2/c1-28(2,3)18-10-12-21-23(15-18)37-25-24(21)26(32)30(19-8-6-5-7-9-19)27(29-25)36-16-17-14-20(31(33)34)11-13-22(17)35-4/h5-9,11,13-14,18H,10,12,15-16H2,1-4H3. The van der Waals surface area contributed by atoms with Gasteiger partial charge in [-0.05, 0) is 54.4 Å². The average Bonchev–Trinajstić information content (AvgIpc) is 3.25. The van der Waals surface area contributed by atoms with Crippen LogP contribution in [0.5, 0.6) is 5.75 Å². The SMILES string of the molecule is COc1ccc([N+](=O)[O-])cc1CSc1nc2sc3c(c2c(=O)n1-c1ccccc1)CCC(C(C)(C)C)C3. The van der Waals surface area contributed by atoms with Crippen molar-refractivity contribution in [2.24, 2.45) is 11.3 Å². The topological polar surface area (TPSA) is 87.3 Å². The molecule has 0 spiro atoms. The molecule has 1 aliphatic rings. The zero-order chi connectivity index (χ0) is 26.3. The molecule has 0 fully saturated rings. The Morgan fingerprint density at radius 2 is 1.97 bits per heavy atom. The third kappa shape index (κ3) is 4.90. The molecule has 0 aliphatic heterocycles. The second-order valence-corrected chi connectivity index (χ2v) is 12.4. The minimum Gasteiger partial charge on any atom is -0.496 e. The van der Waals surface area contributed by atoms with Crippen molar-refractivity contribution < 1.29 is 9.66 Å². The van der Waals surface area contributed by atoms with Crippen LogP contribution in [0.3, 0.4) is 0 Å². The molecule has 0 radical (unpaired) electrons. The van der Waals surface area contributed by atoms with Gasteiger partial charge in [-0.3, -0.25) is 19.5 Å². The van der Waals surface area contributed by atoms with Gasteiger partial charge in [0.1, 0.15) is 10.6 Å². The highest BCUT2D eigenvalue weighted by atomic mass is 32.2. The van der Waals surface area contributed by atoms with Crippen LogP contribution in [-0.4, -0.2) is 21.6 Å². The molecule has 0 amide bonds.